The maximum absolute atomic E-state index is 12.4. The summed E-state index contributed by atoms with van der Waals surface area (Å²) in [6, 6.07) is 0. The van der Waals surface area contributed by atoms with E-state index in [1.54, 1.807) is 11.3 Å². The average molecular weight is 423 g/mol. The molecule has 2 aromatic rings. The Labute approximate surface area is 174 Å². The number of hydrogen-bond acceptors (Lipinski definition) is 6. The number of esters is 1. The molecule has 0 aliphatic heterocycles. The molecule has 0 unspecified atom stereocenters. The first-order chi connectivity index (χ1) is 13.3. The molecule has 1 N–H and O–H groups in total. The molecule has 0 spiro atoms. The summed E-state index contributed by atoms with van der Waals surface area (Å²) in [5, 5.41) is 0.682. The molecule has 154 valence electrons. The number of carbonyl (C=O) groups is 1. The second-order valence-electron chi connectivity index (χ2n) is 8.32. The van der Waals surface area contributed by atoms with Crippen LogP contribution in [-0.4, -0.2) is 27.8 Å². The number of H-pyrrole nitrogens is 1. The molecule has 0 bridgehead atoms. The van der Waals surface area contributed by atoms with Crippen molar-refractivity contribution in [2.75, 3.05) is 5.75 Å². The molecule has 2 heterocycles. The lowest BCUT2D eigenvalue weighted by molar-refractivity contribution is -0.152. The van der Waals surface area contributed by atoms with Crippen LogP contribution in [0.1, 0.15) is 56.3 Å². The van der Waals surface area contributed by atoms with Crippen molar-refractivity contribution in [3.8, 4) is 0 Å². The first-order valence-electron chi connectivity index (χ1n) is 10.0. The second-order valence-corrected chi connectivity index (χ2v) is 10.5. The molecule has 1 aliphatic rings. The fraction of sp³-hybridized carbons (Fsp3) is 0.667. The van der Waals surface area contributed by atoms with Gasteiger partial charge in [-0.25, -0.2) is 4.98 Å². The average Bonchev–Trinajstić information content (AvgIpc) is 2.89. The van der Waals surface area contributed by atoms with Crippen LogP contribution in [0.5, 0.6) is 0 Å². The number of ether oxygens (including phenoxy) is 1. The van der Waals surface area contributed by atoms with Crippen LogP contribution in [0.3, 0.4) is 0 Å². The number of fused-ring (bicyclic) bond motifs is 1. The van der Waals surface area contributed by atoms with E-state index in [0.29, 0.717) is 34.7 Å². The maximum Gasteiger partial charge on any atom is 0.316 e. The van der Waals surface area contributed by atoms with E-state index < -0.39 is 0 Å². The third-order valence-corrected chi connectivity index (χ3v) is 7.81. The highest BCUT2D eigenvalue weighted by molar-refractivity contribution is 7.99. The number of aromatic amines is 1. The first-order valence-corrected chi connectivity index (χ1v) is 12.0. The Morgan fingerprint density at radius 2 is 2.11 bits per heavy atom. The van der Waals surface area contributed by atoms with Crippen molar-refractivity contribution < 1.29 is 9.53 Å². The molecule has 2 aromatic heterocycles. The molecule has 1 aliphatic carbocycles. The summed E-state index contributed by atoms with van der Waals surface area (Å²) in [4.78, 5) is 34.0. The van der Waals surface area contributed by atoms with Crippen molar-refractivity contribution in [1.29, 1.82) is 0 Å². The van der Waals surface area contributed by atoms with Crippen molar-refractivity contribution in [1.82, 2.24) is 9.97 Å². The predicted octanol–water partition coefficient (Wildman–Crippen LogP) is 4.84. The molecule has 1 fully saturated rings. The van der Waals surface area contributed by atoms with Gasteiger partial charge in [-0.3, -0.25) is 9.59 Å². The summed E-state index contributed by atoms with van der Waals surface area (Å²) < 4.78 is 5.84. The Hall–Kier alpha value is -1.34. The molecule has 3 rings (SSSR count). The van der Waals surface area contributed by atoms with Crippen LogP contribution >= 0.6 is 23.1 Å². The molecule has 0 radical (unpaired) electrons. The van der Waals surface area contributed by atoms with Crippen LogP contribution in [-0.2, 0) is 15.3 Å². The number of nitrogens with zero attached hydrogens (tertiary/aromatic N) is 1. The molecule has 0 amide bonds. The number of thiophene rings is 1. The number of rotatable bonds is 6. The highest BCUT2D eigenvalue weighted by Gasteiger charge is 2.33. The molecule has 1 saturated carbocycles. The molecule has 5 nitrogen and oxygen atoms in total. The van der Waals surface area contributed by atoms with E-state index in [1.807, 2.05) is 13.8 Å². The van der Waals surface area contributed by atoms with Crippen LogP contribution in [0.25, 0.3) is 10.2 Å². The fourth-order valence-corrected chi connectivity index (χ4v) is 5.77. The third-order valence-electron chi connectivity index (χ3n) is 5.79. The van der Waals surface area contributed by atoms with Gasteiger partial charge in [-0.05, 0) is 50.0 Å². The van der Waals surface area contributed by atoms with Crippen LogP contribution in [0.2, 0.25) is 0 Å². The van der Waals surface area contributed by atoms with E-state index in [0.717, 1.165) is 28.1 Å². The van der Waals surface area contributed by atoms with E-state index in [-0.39, 0.29) is 23.4 Å². The van der Waals surface area contributed by atoms with E-state index in [1.165, 1.54) is 18.2 Å². The summed E-state index contributed by atoms with van der Waals surface area (Å²) in [6.45, 7) is 10.6. The van der Waals surface area contributed by atoms with Gasteiger partial charge in [0, 0.05) is 4.88 Å². The summed E-state index contributed by atoms with van der Waals surface area (Å²) in [5.41, 5.74) is 0.902. The summed E-state index contributed by atoms with van der Waals surface area (Å²) in [7, 11) is 0. The zero-order valence-corrected chi connectivity index (χ0v) is 19.0. The summed E-state index contributed by atoms with van der Waals surface area (Å²) >= 11 is 2.98. The van der Waals surface area contributed by atoms with Gasteiger partial charge < -0.3 is 9.72 Å². The Morgan fingerprint density at radius 1 is 1.36 bits per heavy atom. The van der Waals surface area contributed by atoms with E-state index >= 15 is 0 Å². The third kappa shape index (κ3) is 4.79. The van der Waals surface area contributed by atoms with Crippen LogP contribution < -0.4 is 5.56 Å². The van der Waals surface area contributed by atoms with E-state index in [2.05, 4.69) is 30.7 Å². The Kier molecular flexibility index (Phi) is 6.86. The lowest BCUT2D eigenvalue weighted by Gasteiger charge is -2.36. The van der Waals surface area contributed by atoms with Crippen molar-refractivity contribution in [2.45, 2.75) is 65.7 Å². The number of nitrogens with one attached hydrogen (secondary N) is 1. The molecule has 28 heavy (non-hydrogen) atoms. The Balaban J connectivity index is 1.56. The standard InChI is InChI=1S/C21H30N2O3S2/c1-11(2)15-7-6-12(3)8-16(15)26-18(24)10-27-9-17-22-20(25)19-13(4)14(5)28-21(19)23-17/h11-12,15-16H,6-10H2,1-5H3,(H,22,23,25)/t12-,15+,16-/m0/s1. The topological polar surface area (TPSA) is 72.0 Å². The minimum atomic E-state index is -0.166. The maximum atomic E-state index is 12.4. The lowest BCUT2D eigenvalue weighted by Crippen LogP contribution is -2.36. The smallest absolute Gasteiger partial charge is 0.316 e. The van der Waals surface area contributed by atoms with Gasteiger partial charge in [-0.15, -0.1) is 23.1 Å². The Morgan fingerprint density at radius 3 is 2.82 bits per heavy atom. The summed E-state index contributed by atoms with van der Waals surface area (Å²) in [6.07, 6.45) is 3.34. The second kappa shape index (κ2) is 8.99. The fourth-order valence-electron chi connectivity index (χ4n) is 4.05. The lowest BCUT2D eigenvalue weighted by atomic mass is 9.75. The molecule has 0 saturated heterocycles. The van der Waals surface area contributed by atoms with E-state index in [4.69, 9.17) is 4.74 Å². The van der Waals surface area contributed by atoms with Crippen LogP contribution in [0.15, 0.2) is 4.79 Å². The monoisotopic (exact) mass is 422 g/mol. The predicted molar refractivity (Wildman–Crippen MR) is 117 cm³/mol. The van der Waals surface area contributed by atoms with Gasteiger partial charge in [0.2, 0.25) is 0 Å². The quantitative estimate of drug-likeness (QED) is 0.675. The SMILES string of the molecule is Cc1sc2nc(CSCC(=O)O[C@H]3C[C@@H](C)CC[C@@H]3C(C)C)[nH]c(=O)c2c1C. The van der Waals surface area contributed by atoms with Crippen molar-refractivity contribution in [3.05, 3.63) is 26.6 Å². The van der Waals surface area contributed by atoms with E-state index in [9.17, 15) is 9.59 Å². The normalized spacial score (nSPS) is 22.7. The van der Waals surface area contributed by atoms with Gasteiger partial charge >= 0.3 is 5.97 Å². The van der Waals surface area contributed by atoms with Gasteiger partial charge in [0.25, 0.3) is 5.56 Å². The van der Waals surface area contributed by atoms with Gasteiger partial charge in [-0.2, -0.15) is 0 Å². The number of thioether (sulfide) groups is 1. The molecular formula is C21H30N2O3S2. The molecule has 0 aromatic carbocycles. The van der Waals surface area contributed by atoms with Gasteiger partial charge in [0.15, 0.2) is 0 Å². The number of hydrogen-bond donors (Lipinski definition) is 1. The number of aromatic nitrogens is 2. The zero-order chi connectivity index (χ0) is 20.4. The molecule has 3 atom stereocenters. The Bertz CT molecular complexity index is 903. The molecule has 7 heteroatoms. The largest absolute Gasteiger partial charge is 0.461 e. The minimum absolute atomic E-state index is 0.0307. The van der Waals surface area contributed by atoms with Gasteiger partial charge in [0.1, 0.15) is 16.8 Å². The van der Waals surface area contributed by atoms with Crippen molar-refractivity contribution in [3.63, 3.8) is 0 Å². The summed E-state index contributed by atoms with van der Waals surface area (Å²) in [5.74, 6) is 2.81. The van der Waals surface area contributed by atoms with Gasteiger partial charge in [-0.1, -0.05) is 27.2 Å². The number of carbonyl (C=O) groups excluding carboxylic acids is 1. The highest BCUT2D eigenvalue weighted by atomic mass is 32.2. The highest BCUT2D eigenvalue weighted by Crippen LogP contribution is 2.35. The van der Waals surface area contributed by atoms with Crippen molar-refractivity contribution in [2.24, 2.45) is 17.8 Å². The van der Waals surface area contributed by atoms with Crippen molar-refractivity contribution >= 4 is 39.3 Å². The van der Waals surface area contributed by atoms with Gasteiger partial charge in [0.05, 0.1) is 16.9 Å². The zero-order valence-electron chi connectivity index (χ0n) is 17.3. The minimum Gasteiger partial charge on any atom is -0.461 e. The van der Waals surface area contributed by atoms with Crippen LogP contribution in [0.4, 0.5) is 0 Å². The van der Waals surface area contributed by atoms with Crippen LogP contribution in [0, 0.1) is 31.6 Å². The first kappa shape index (κ1) is 21.4. The number of aryl methyl sites for hydroxylation is 2. The molecular weight excluding hydrogens is 392 g/mol.